The van der Waals surface area contributed by atoms with Crippen molar-refractivity contribution < 1.29 is 4.79 Å². The highest BCUT2D eigenvalue weighted by molar-refractivity contribution is 8.60. The van der Waals surface area contributed by atoms with Crippen LogP contribution in [0, 0.1) is 0 Å². The molecule has 0 saturated carbocycles. The molecule has 0 spiro atoms. The van der Waals surface area contributed by atoms with Gasteiger partial charge in [0.2, 0.25) is 5.91 Å². The Labute approximate surface area is 114 Å². The second-order valence-electron chi connectivity index (χ2n) is 4.01. The lowest BCUT2D eigenvalue weighted by atomic mass is 10.3. The third-order valence-corrected chi connectivity index (χ3v) is 12.0. The molecule has 4 unspecified atom stereocenters. The van der Waals surface area contributed by atoms with Gasteiger partial charge in [0, 0.05) is 6.54 Å². The van der Waals surface area contributed by atoms with E-state index in [4.69, 9.17) is 0 Å². The van der Waals surface area contributed by atoms with Crippen LogP contribution in [0.1, 0.15) is 19.0 Å². The minimum absolute atomic E-state index is 0.00402. The molecule has 4 atom stereocenters. The fourth-order valence-corrected chi connectivity index (χ4v) is 4.88. The van der Waals surface area contributed by atoms with Gasteiger partial charge in [0.25, 0.3) is 0 Å². The summed E-state index contributed by atoms with van der Waals surface area (Å²) in [6, 6.07) is 0. The van der Waals surface area contributed by atoms with E-state index in [2.05, 4.69) is 45.3 Å². The Balaban J connectivity index is 2.29. The van der Waals surface area contributed by atoms with Crippen molar-refractivity contribution in [1.29, 1.82) is 0 Å². The minimum Gasteiger partial charge on any atom is -0.306 e. The zero-order chi connectivity index (χ0) is 13.1. The largest absolute Gasteiger partial charge is 0.306 e. The van der Waals surface area contributed by atoms with Crippen molar-refractivity contribution in [2.75, 3.05) is 18.4 Å². The summed E-state index contributed by atoms with van der Waals surface area (Å²) >= 11 is 0. The number of rotatable bonds is 4. The van der Waals surface area contributed by atoms with Gasteiger partial charge in [-0.2, -0.15) is 0 Å². The SMILES string of the molecule is CCCN1CC(=O)Nc2nnn(P(P)PP)c2C1. The average Bonchev–Trinajstić information content (AvgIpc) is 2.64. The van der Waals surface area contributed by atoms with Gasteiger partial charge in [-0.3, -0.25) is 9.69 Å². The van der Waals surface area contributed by atoms with Crippen molar-refractivity contribution >= 4 is 45.0 Å². The Morgan fingerprint density at radius 1 is 1.56 bits per heavy atom. The quantitative estimate of drug-likeness (QED) is 0.859. The molecule has 1 aliphatic rings. The monoisotopic (exact) mass is 323 g/mol. The van der Waals surface area contributed by atoms with E-state index in [9.17, 15) is 4.79 Å². The van der Waals surface area contributed by atoms with Crippen LogP contribution in [0.2, 0.25) is 0 Å². The van der Waals surface area contributed by atoms with E-state index in [1.165, 1.54) is 0 Å². The first kappa shape index (κ1) is 14.7. The molecule has 0 bridgehead atoms. The number of amides is 1. The highest BCUT2D eigenvalue weighted by Gasteiger charge is 2.25. The fraction of sp³-hybridized carbons (Fsp3) is 0.625. The molecule has 0 saturated heterocycles. The number of hydrogen-bond donors (Lipinski definition) is 1. The first-order valence-corrected chi connectivity index (χ1v) is 12.2. The van der Waals surface area contributed by atoms with Gasteiger partial charge in [0.15, 0.2) is 5.82 Å². The van der Waals surface area contributed by atoms with E-state index in [1.54, 1.807) is 0 Å². The van der Waals surface area contributed by atoms with E-state index in [0.717, 1.165) is 25.2 Å². The predicted molar refractivity (Wildman–Crippen MR) is 84.3 cm³/mol. The number of aromatic nitrogens is 3. The third-order valence-electron chi connectivity index (χ3n) is 2.62. The van der Waals surface area contributed by atoms with Crippen LogP contribution in [0.15, 0.2) is 0 Å². The summed E-state index contributed by atoms with van der Waals surface area (Å²) in [5.74, 6) is 0.618. The lowest BCUT2D eigenvalue weighted by Gasteiger charge is -2.19. The molecule has 1 aromatic heterocycles. The normalized spacial score (nSPS) is 18.7. The highest BCUT2D eigenvalue weighted by atomic mass is 32.6. The predicted octanol–water partition coefficient (Wildman–Crippen LogP) is 1.86. The summed E-state index contributed by atoms with van der Waals surface area (Å²) < 4.78 is 1.95. The van der Waals surface area contributed by atoms with Gasteiger partial charge in [-0.05, 0) is 20.9 Å². The summed E-state index contributed by atoms with van der Waals surface area (Å²) in [6.45, 7) is 4.20. The molecule has 1 aliphatic heterocycles. The number of fused-ring (bicyclic) bond motifs is 1. The van der Waals surface area contributed by atoms with Crippen molar-refractivity contribution in [2.45, 2.75) is 19.9 Å². The maximum Gasteiger partial charge on any atom is 0.239 e. The summed E-state index contributed by atoms with van der Waals surface area (Å²) in [6.07, 6.45) is 1.03. The van der Waals surface area contributed by atoms with Crippen molar-refractivity contribution in [2.24, 2.45) is 0 Å². The first-order chi connectivity index (χ1) is 8.65. The topological polar surface area (TPSA) is 63.1 Å². The van der Waals surface area contributed by atoms with E-state index >= 15 is 0 Å². The van der Waals surface area contributed by atoms with Gasteiger partial charge >= 0.3 is 0 Å². The number of anilines is 1. The average molecular weight is 323 g/mol. The lowest BCUT2D eigenvalue weighted by Crippen LogP contribution is -2.31. The smallest absolute Gasteiger partial charge is 0.239 e. The number of hydrogen-bond acceptors (Lipinski definition) is 4. The Morgan fingerprint density at radius 3 is 3.00 bits per heavy atom. The molecule has 18 heavy (non-hydrogen) atoms. The maximum atomic E-state index is 11.7. The zero-order valence-corrected chi connectivity index (χ0v) is 14.3. The van der Waals surface area contributed by atoms with Crippen LogP contribution >= 0.6 is 33.3 Å². The standard InChI is InChI=1S/C8H17N5OP4/c1-2-3-12-4-6-8(9-7(14)5-12)10-11-13(6)18(16)17-15/h17H,2-5,15-16H2,1H3,(H,9,14). The number of nitrogens with zero attached hydrogens (tertiary/aromatic N) is 4. The first-order valence-electron chi connectivity index (χ1n) is 5.63. The molecular weight excluding hydrogens is 306 g/mol. The van der Waals surface area contributed by atoms with Crippen LogP contribution in [0.5, 0.6) is 0 Å². The van der Waals surface area contributed by atoms with Crippen molar-refractivity contribution in [3.63, 3.8) is 0 Å². The number of nitrogens with one attached hydrogen (secondary N) is 1. The lowest BCUT2D eigenvalue weighted by molar-refractivity contribution is -0.117. The Morgan fingerprint density at radius 2 is 2.33 bits per heavy atom. The Bertz CT molecular complexity index is 439. The summed E-state index contributed by atoms with van der Waals surface area (Å²) in [7, 11) is 5.84. The molecule has 2 heterocycles. The molecule has 1 N–H and O–H groups in total. The second kappa shape index (κ2) is 6.64. The molecule has 0 radical (unpaired) electrons. The van der Waals surface area contributed by atoms with Crippen LogP contribution in [0.25, 0.3) is 0 Å². The third kappa shape index (κ3) is 3.24. The summed E-state index contributed by atoms with van der Waals surface area (Å²) in [5.41, 5.74) is 1.02. The van der Waals surface area contributed by atoms with Gasteiger partial charge in [-0.15, -0.1) is 14.0 Å². The molecule has 0 aromatic carbocycles. The van der Waals surface area contributed by atoms with Crippen molar-refractivity contribution in [3.8, 4) is 0 Å². The molecule has 10 heteroatoms. The van der Waals surface area contributed by atoms with Crippen LogP contribution in [0.4, 0.5) is 5.82 Å². The van der Waals surface area contributed by atoms with E-state index in [0.29, 0.717) is 20.3 Å². The van der Waals surface area contributed by atoms with Gasteiger partial charge in [-0.1, -0.05) is 21.1 Å². The molecule has 100 valence electrons. The van der Waals surface area contributed by atoms with Crippen molar-refractivity contribution in [3.05, 3.63) is 5.69 Å². The van der Waals surface area contributed by atoms with Gasteiger partial charge in [-0.25, -0.2) is 4.45 Å². The van der Waals surface area contributed by atoms with E-state index in [-0.39, 0.29) is 5.91 Å². The van der Waals surface area contributed by atoms with Crippen LogP contribution in [-0.4, -0.2) is 38.7 Å². The summed E-state index contributed by atoms with van der Waals surface area (Å²) in [4.78, 5) is 13.9. The highest BCUT2D eigenvalue weighted by Crippen LogP contribution is 2.66. The van der Waals surface area contributed by atoms with Crippen LogP contribution in [0.3, 0.4) is 0 Å². The van der Waals surface area contributed by atoms with E-state index < -0.39 is 7.45 Å². The van der Waals surface area contributed by atoms with Crippen LogP contribution < -0.4 is 5.32 Å². The molecular formula is C8H17N5OP4. The fourth-order valence-electron chi connectivity index (χ4n) is 1.87. The van der Waals surface area contributed by atoms with E-state index in [1.807, 2.05) is 4.45 Å². The Hall–Kier alpha value is 0.290. The molecule has 0 aliphatic carbocycles. The number of carbonyl (C=O) groups excluding carboxylic acids is 1. The van der Waals surface area contributed by atoms with Crippen molar-refractivity contribution in [1.82, 2.24) is 19.7 Å². The minimum atomic E-state index is -0.433. The Kier molecular flexibility index (Phi) is 5.42. The maximum absolute atomic E-state index is 11.7. The molecule has 1 amide bonds. The van der Waals surface area contributed by atoms with Gasteiger partial charge < -0.3 is 5.32 Å². The molecule has 6 nitrogen and oxygen atoms in total. The summed E-state index contributed by atoms with van der Waals surface area (Å²) in [5, 5.41) is 11.1. The van der Waals surface area contributed by atoms with Crippen LogP contribution in [-0.2, 0) is 11.3 Å². The number of carbonyl (C=O) groups is 1. The molecule has 1 aromatic rings. The zero-order valence-electron chi connectivity index (χ0n) is 10.1. The second-order valence-corrected chi connectivity index (χ2v) is 12.8. The van der Waals surface area contributed by atoms with Gasteiger partial charge in [0.05, 0.1) is 14.0 Å². The van der Waals surface area contributed by atoms with Gasteiger partial charge in [0.1, 0.15) is 5.69 Å². The molecule has 2 rings (SSSR count). The molecule has 0 fully saturated rings.